The van der Waals surface area contributed by atoms with Gasteiger partial charge in [0, 0.05) is 19.3 Å². The van der Waals surface area contributed by atoms with Crippen LogP contribution in [0.5, 0.6) is 0 Å². The number of benzene rings is 1. The van der Waals surface area contributed by atoms with E-state index >= 15 is 0 Å². The first-order valence-electron chi connectivity index (χ1n) is 8.87. The summed E-state index contributed by atoms with van der Waals surface area (Å²) in [6.45, 7) is 3.67. The molecule has 28 heavy (non-hydrogen) atoms. The topological polar surface area (TPSA) is 106 Å². The number of carbonyl (C=O) groups excluding carboxylic acids is 2. The molecule has 3 rings (SSSR count). The standard InChI is InChI=1S/C19H22N2O6S/c1-13-10-21(11-14(2)27-13)28(24,25)16-6-3-5-15(9-16)19(23)26-12-18(22)17-7-4-8-20-17/h3-9,13-14,20H,10-12H2,1-2H3. The van der Waals surface area contributed by atoms with Gasteiger partial charge < -0.3 is 14.5 Å². The lowest BCUT2D eigenvalue weighted by molar-refractivity contribution is -0.0440. The maximum absolute atomic E-state index is 12.9. The fourth-order valence-electron chi connectivity index (χ4n) is 3.06. The number of hydrogen-bond donors (Lipinski definition) is 1. The van der Waals surface area contributed by atoms with Crippen LogP contribution < -0.4 is 0 Å². The summed E-state index contributed by atoms with van der Waals surface area (Å²) in [5.41, 5.74) is 0.398. The highest BCUT2D eigenvalue weighted by Gasteiger charge is 2.32. The van der Waals surface area contributed by atoms with Crippen molar-refractivity contribution in [2.45, 2.75) is 31.0 Å². The van der Waals surface area contributed by atoms with Crippen molar-refractivity contribution >= 4 is 21.8 Å². The molecule has 0 bridgehead atoms. The van der Waals surface area contributed by atoms with Gasteiger partial charge in [-0.15, -0.1) is 0 Å². The molecule has 150 valence electrons. The number of hydrogen-bond acceptors (Lipinski definition) is 6. The van der Waals surface area contributed by atoms with Crippen LogP contribution in [0.15, 0.2) is 47.5 Å². The Morgan fingerprint density at radius 1 is 1.18 bits per heavy atom. The molecule has 1 aliphatic rings. The van der Waals surface area contributed by atoms with Crippen LogP contribution in [0.4, 0.5) is 0 Å². The number of nitrogens with zero attached hydrogens (tertiary/aromatic N) is 1. The van der Waals surface area contributed by atoms with Crippen LogP contribution in [0.25, 0.3) is 0 Å². The number of H-pyrrole nitrogens is 1. The second-order valence-electron chi connectivity index (χ2n) is 6.69. The SMILES string of the molecule is CC1CN(S(=O)(=O)c2cccc(C(=O)OCC(=O)c3ccc[nH]3)c2)CC(C)O1. The van der Waals surface area contributed by atoms with Crippen molar-refractivity contribution < 1.29 is 27.5 Å². The fraction of sp³-hybridized carbons (Fsp3) is 0.368. The van der Waals surface area contributed by atoms with E-state index in [1.54, 1.807) is 18.3 Å². The van der Waals surface area contributed by atoms with E-state index in [1.807, 2.05) is 13.8 Å². The number of carbonyl (C=O) groups is 2. The molecule has 1 aromatic carbocycles. The second kappa shape index (κ2) is 8.26. The minimum atomic E-state index is -3.78. The van der Waals surface area contributed by atoms with Crippen LogP contribution in [0.1, 0.15) is 34.7 Å². The normalized spacial score (nSPS) is 20.6. The average molecular weight is 406 g/mol. The highest BCUT2D eigenvalue weighted by Crippen LogP contribution is 2.22. The largest absolute Gasteiger partial charge is 0.454 e. The Morgan fingerprint density at radius 2 is 1.89 bits per heavy atom. The molecule has 0 aliphatic carbocycles. The molecule has 2 atom stereocenters. The van der Waals surface area contributed by atoms with Gasteiger partial charge in [0.15, 0.2) is 6.61 Å². The van der Waals surface area contributed by atoms with Crippen molar-refractivity contribution in [2.24, 2.45) is 0 Å². The number of esters is 1. The zero-order valence-electron chi connectivity index (χ0n) is 15.6. The van der Waals surface area contributed by atoms with Crippen LogP contribution in [-0.4, -0.2) is 61.4 Å². The maximum Gasteiger partial charge on any atom is 0.338 e. The molecular formula is C19H22N2O6S. The average Bonchev–Trinajstić information content (AvgIpc) is 3.20. The van der Waals surface area contributed by atoms with E-state index < -0.39 is 22.6 Å². The first kappa shape index (κ1) is 20.2. The number of morpholine rings is 1. The quantitative estimate of drug-likeness (QED) is 0.580. The highest BCUT2D eigenvalue weighted by atomic mass is 32.2. The first-order chi connectivity index (χ1) is 13.3. The van der Waals surface area contributed by atoms with Crippen molar-refractivity contribution in [3.05, 3.63) is 53.9 Å². The van der Waals surface area contributed by atoms with E-state index in [4.69, 9.17) is 9.47 Å². The third-order valence-corrected chi connectivity index (χ3v) is 6.15. The predicted molar refractivity (Wildman–Crippen MR) is 101 cm³/mol. The summed E-state index contributed by atoms with van der Waals surface area (Å²) in [5, 5.41) is 0. The summed E-state index contributed by atoms with van der Waals surface area (Å²) >= 11 is 0. The molecule has 2 heterocycles. The smallest absolute Gasteiger partial charge is 0.338 e. The van der Waals surface area contributed by atoms with E-state index in [2.05, 4.69) is 4.98 Å². The zero-order valence-corrected chi connectivity index (χ0v) is 16.4. The summed E-state index contributed by atoms with van der Waals surface area (Å²) in [6.07, 6.45) is 1.16. The Labute approximate surface area is 163 Å². The molecule has 1 aromatic heterocycles. The number of ether oxygens (including phenoxy) is 2. The maximum atomic E-state index is 12.9. The molecular weight excluding hydrogens is 384 g/mol. The summed E-state index contributed by atoms with van der Waals surface area (Å²) in [5.74, 6) is -1.14. The summed E-state index contributed by atoms with van der Waals surface area (Å²) in [4.78, 5) is 26.9. The molecule has 8 nitrogen and oxygen atoms in total. The highest BCUT2D eigenvalue weighted by molar-refractivity contribution is 7.89. The number of rotatable bonds is 6. The monoisotopic (exact) mass is 406 g/mol. The summed E-state index contributed by atoms with van der Waals surface area (Å²) in [7, 11) is -3.78. The van der Waals surface area contributed by atoms with Gasteiger partial charge in [-0.3, -0.25) is 4.79 Å². The van der Waals surface area contributed by atoms with Gasteiger partial charge in [0.25, 0.3) is 0 Å². The predicted octanol–water partition coefficient (Wildman–Crippen LogP) is 1.85. The van der Waals surface area contributed by atoms with E-state index in [9.17, 15) is 18.0 Å². The minimum Gasteiger partial charge on any atom is -0.454 e. The molecule has 2 unspecified atom stereocenters. The molecule has 0 amide bonds. The molecule has 1 fully saturated rings. The third kappa shape index (κ3) is 4.49. The second-order valence-corrected chi connectivity index (χ2v) is 8.63. The molecule has 1 saturated heterocycles. The van der Waals surface area contributed by atoms with Gasteiger partial charge >= 0.3 is 5.97 Å². The molecule has 1 N–H and O–H groups in total. The van der Waals surface area contributed by atoms with Crippen LogP contribution >= 0.6 is 0 Å². The van der Waals surface area contributed by atoms with Gasteiger partial charge in [0.1, 0.15) is 0 Å². The molecule has 9 heteroatoms. The Kier molecular flexibility index (Phi) is 5.97. The fourth-order valence-corrected chi connectivity index (χ4v) is 4.69. The van der Waals surface area contributed by atoms with Crippen LogP contribution in [0.2, 0.25) is 0 Å². The molecule has 0 saturated carbocycles. The lowest BCUT2D eigenvalue weighted by Gasteiger charge is -2.34. The van der Waals surface area contributed by atoms with Gasteiger partial charge in [-0.25, -0.2) is 13.2 Å². The number of nitrogens with one attached hydrogen (secondary N) is 1. The number of aromatic amines is 1. The Morgan fingerprint density at radius 3 is 2.54 bits per heavy atom. The van der Waals surface area contributed by atoms with Gasteiger partial charge in [0.05, 0.1) is 28.4 Å². The number of Topliss-reactive ketones (excluding diaryl/α,β-unsaturated/α-hetero) is 1. The summed E-state index contributed by atoms with van der Waals surface area (Å²) < 4.78 is 37.8. The Balaban J connectivity index is 1.72. The van der Waals surface area contributed by atoms with Crippen molar-refractivity contribution in [1.29, 1.82) is 0 Å². The Hall–Kier alpha value is -2.49. The lowest BCUT2D eigenvalue weighted by atomic mass is 10.2. The first-order valence-corrected chi connectivity index (χ1v) is 10.3. The van der Waals surface area contributed by atoms with E-state index in [0.717, 1.165) is 0 Å². The minimum absolute atomic E-state index is 0.000977. The van der Waals surface area contributed by atoms with Gasteiger partial charge in [0.2, 0.25) is 15.8 Å². The van der Waals surface area contributed by atoms with Crippen LogP contribution in [0, 0.1) is 0 Å². The Bertz CT molecular complexity index is 945. The molecule has 0 spiro atoms. The molecule has 0 radical (unpaired) electrons. The van der Waals surface area contributed by atoms with Crippen LogP contribution in [-0.2, 0) is 19.5 Å². The van der Waals surface area contributed by atoms with Gasteiger partial charge in [-0.1, -0.05) is 6.07 Å². The van der Waals surface area contributed by atoms with E-state index in [-0.39, 0.29) is 41.5 Å². The van der Waals surface area contributed by atoms with Gasteiger partial charge in [-0.2, -0.15) is 4.31 Å². The van der Waals surface area contributed by atoms with Crippen molar-refractivity contribution in [3.63, 3.8) is 0 Å². The van der Waals surface area contributed by atoms with Gasteiger partial charge in [-0.05, 0) is 44.2 Å². The van der Waals surface area contributed by atoms with Crippen LogP contribution in [0.3, 0.4) is 0 Å². The van der Waals surface area contributed by atoms with E-state index in [0.29, 0.717) is 5.69 Å². The van der Waals surface area contributed by atoms with Crippen molar-refractivity contribution in [1.82, 2.24) is 9.29 Å². The summed E-state index contributed by atoms with van der Waals surface area (Å²) in [6, 6.07) is 8.86. The molecule has 1 aliphatic heterocycles. The number of ketones is 1. The third-order valence-electron chi connectivity index (χ3n) is 4.33. The van der Waals surface area contributed by atoms with Crippen molar-refractivity contribution in [3.8, 4) is 0 Å². The lowest BCUT2D eigenvalue weighted by Crippen LogP contribution is -2.48. The molecule has 2 aromatic rings. The van der Waals surface area contributed by atoms with E-state index in [1.165, 1.54) is 28.6 Å². The number of aromatic nitrogens is 1. The van der Waals surface area contributed by atoms with Crippen molar-refractivity contribution in [2.75, 3.05) is 19.7 Å². The number of sulfonamides is 1. The zero-order chi connectivity index (χ0) is 20.3.